The maximum atomic E-state index is 14.9. The quantitative estimate of drug-likeness (QED) is 0.310. The number of fused-ring (bicyclic) bond motifs is 5. The van der Waals surface area contributed by atoms with Gasteiger partial charge in [0.2, 0.25) is 27.7 Å². The van der Waals surface area contributed by atoms with Gasteiger partial charge < -0.3 is 19.7 Å². The van der Waals surface area contributed by atoms with Crippen LogP contribution in [0.5, 0.6) is 5.88 Å². The molecule has 2 aromatic heterocycles. The molecule has 56 heavy (non-hydrogen) atoms. The summed E-state index contributed by atoms with van der Waals surface area (Å²) < 4.78 is 41.9. The molecule has 2 N–H and O–H groups in total. The van der Waals surface area contributed by atoms with Crippen LogP contribution in [-0.2, 0) is 40.4 Å². The van der Waals surface area contributed by atoms with E-state index in [4.69, 9.17) is 14.5 Å². The van der Waals surface area contributed by atoms with Crippen molar-refractivity contribution in [3.63, 3.8) is 0 Å². The van der Waals surface area contributed by atoms with E-state index in [2.05, 4.69) is 16.6 Å². The third kappa shape index (κ3) is 7.71. The van der Waals surface area contributed by atoms with E-state index in [-0.39, 0.29) is 61.1 Å². The van der Waals surface area contributed by atoms with Gasteiger partial charge in [-0.25, -0.2) is 8.42 Å². The van der Waals surface area contributed by atoms with E-state index in [0.717, 1.165) is 70.6 Å². The number of rotatable bonds is 7. The number of aromatic nitrogens is 2. The van der Waals surface area contributed by atoms with E-state index in [1.54, 1.807) is 24.4 Å². The van der Waals surface area contributed by atoms with Crippen molar-refractivity contribution < 1.29 is 37.1 Å². The molecule has 15 heteroatoms. The summed E-state index contributed by atoms with van der Waals surface area (Å²) in [6.07, 6.45) is 13.2. The molecule has 4 aliphatic carbocycles. The lowest BCUT2D eigenvalue weighted by atomic mass is 9.86. The first-order valence-electron chi connectivity index (χ1n) is 20.6. The van der Waals surface area contributed by atoms with Gasteiger partial charge in [0.25, 0.3) is 11.5 Å². The van der Waals surface area contributed by atoms with Crippen LogP contribution < -0.4 is 20.3 Å². The minimum absolute atomic E-state index is 0.0185. The van der Waals surface area contributed by atoms with E-state index >= 15 is 0 Å². The van der Waals surface area contributed by atoms with E-state index < -0.39 is 62.6 Å². The van der Waals surface area contributed by atoms with Gasteiger partial charge in [0.15, 0.2) is 0 Å². The number of hydrogen-bond donors (Lipinski definition) is 2. The van der Waals surface area contributed by atoms with Gasteiger partial charge in [0, 0.05) is 18.5 Å². The number of carbonyl (C=O) groups excluding carboxylic acids is 4. The summed E-state index contributed by atoms with van der Waals surface area (Å²) in [4.78, 5) is 76.8. The number of pyridine rings is 1. The second kappa shape index (κ2) is 15.6. The van der Waals surface area contributed by atoms with Crippen LogP contribution in [0.1, 0.15) is 108 Å². The van der Waals surface area contributed by atoms with Crippen LogP contribution in [0.2, 0.25) is 0 Å². The van der Waals surface area contributed by atoms with Gasteiger partial charge in [-0.1, -0.05) is 37.8 Å². The van der Waals surface area contributed by atoms with Crippen molar-refractivity contribution in [2.45, 2.75) is 138 Å². The highest BCUT2D eigenvalue weighted by molar-refractivity contribution is 7.91. The third-order valence-electron chi connectivity index (χ3n) is 13.2. The van der Waals surface area contributed by atoms with Crippen molar-refractivity contribution in [2.75, 3.05) is 6.54 Å². The average molecular weight is 792 g/mol. The van der Waals surface area contributed by atoms with Gasteiger partial charge in [-0.05, 0) is 94.6 Å². The van der Waals surface area contributed by atoms with Crippen molar-refractivity contribution in [2.24, 2.45) is 23.7 Å². The molecule has 2 aromatic rings. The lowest BCUT2D eigenvalue weighted by molar-refractivity contribution is -0.156. The number of ether oxygens (including phenoxy) is 2. The van der Waals surface area contributed by atoms with Crippen LogP contribution in [0.25, 0.3) is 5.65 Å². The summed E-state index contributed by atoms with van der Waals surface area (Å²) in [5.41, 5.74) is -0.947. The zero-order valence-corrected chi connectivity index (χ0v) is 32.7. The van der Waals surface area contributed by atoms with Gasteiger partial charge in [0.1, 0.15) is 29.4 Å². The molecule has 0 spiro atoms. The first-order valence-corrected chi connectivity index (χ1v) is 22.2. The van der Waals surface area contributed by atoms with Crippen molar-refractivity contribution in [3.05, 3.63) is 53.0 Å². The fourth-order valence-corrected chi connectivity index (χ4v) is 11.1. The fourth-order valence-electron chi connectivity index (χ4n) is 9.77. The van der Waals surface area contributed by atoms with Gasteiger partial charge in [-0.3, -0.25) is 33.1 Å². The van der Waals surface area contributed by atoms with Crippen LogP contribution >= 0.6 is 0 Å². The van der Waals surface area contributed by atoms with Gasteiger partial charge in [-0.2, -0.15) is 4.98 Å². The summed E-state index contributed by atoms with van der Waals surface area (Å²) in [5, 5.41) is 2.21. The summed E-state index contributed by atoms with van der Waals surface area (Å²) in [5.74, 6) is -3.12. The van der Waals surface area contributed by atoms with Crippen LogP contribution in [0.4, 0.5) is 0 Å². The van der Waals surface area contributed by atoms with Gasteiger partial charge in [0.05, 0.1) is 29.7 Å². The molecule has 3 amide bonds. The Morgan fingerprint density at radius 1 is 0.929 bits per heavy atom. The molecule has 1 saturated heterocycles. The maximum Gasteiger partial charge on any atom is 0.306 e. The van der Waals surface area contributed by atoms with Crippen LogP contribution in [0, 0.1) is 23.7 Å². The van der Waals surface area contributed by atoms with Gasteiger partial charge in [-0.15, -0.1) is 6.58 Å². The second-order valence-electron chi connectivity index (χ2n) is 17.0. The molecular formula is C41H53N5O9S. The standard InChI is InChI=1S/C41H53N5O9S/c1-2-27-23-41(27,40(51)44-56(52,53)29-18-19-29)43-36(48)32-21-28-24-46(32)39(50)31(25-11-6-7-12-25)22-35(47)55-33-16-10-14-26(33)13-4-3-5-15-30-37(54-28)42-34-17-8-9-20-45(34)38(30)49/h2,8-9,17,20,25-29,31-33H,1,3-7,10-16,18-19,21-24H2,(H,43,48)(H,44,51)/t26-,27+,28-,31+,32+,33-,41-/m1/s1. The Hall–Kier alpha value is -4.27. The number of nitrogens with zero attached hydrogens (tertiary/aromatic N) is 3. The molecule has 7 atom stereocenters. The Morgan fingerprint density at radius 2 is 1.68 bits per heavy atom. The summed E-state index contributed by atoms with van der Waals surface area (Å²) in [7, 11) is -3.90. The molecule has 2 aliphatic heterocycles. The topological polar surface area (TPSA) is 183 Å². The van der Waals surface area contributed by atoms with Crippen molar-refractivity contribution in [3.8, 4) is 5.88 Å². The number of amides is 3. The molecular weight excluding hydrogens is 739 g/mol. The minimum Gasteiger partial charge on any atom is -0.472 e. The lowest BCUT2D eigenvalue weighted by Gasteiger charge is -2.32. The molecule has 4 heterocycles. The van der Waals surface area contributed by atoms with E-state index in [1.807, 2.05) is 0 Å². The predicted octanol–water partition coefficient (Wildman–Crippen LogP) is 3.74. The molecule has 8 rings (SSSR count). The molecule has 0 unspecified atom stereocenters. The van der Waals surface area contributed by atoms with Crippen molar-refractivity contribution >= 4 is 39.4 Å². The predicted molar refractivity (Wildman–Crippen MR) is 205 cm³/mol. The molecule has 0 aromatic carbocycles. The Kier molecular flexibility index (Phi) is 10.7. The molecule has 14 nitrogen and oxygen atoms in total. The molecule has 302 valence electrons. The highest BCUT2D eigenvalue weighted by Crippen LogP contribution is 2.46. The lowest BCUT2D eigenvalue weighted by Crippen LogP contribution is -2.57. The van der Waals surface area contributed by atoms with Gasteiger partial charge >= 0.3 is 5.97 Å². The zero-order valence-electron chi connectivity index (χ0n) is 31.9. The monoisotopic (exact) mass is 791 g/mol. The normalized spacial score (nSPS) is 31.7. The number of nitrogens with one attached hydrogen (secondary N) is 2. The summed E-state index contributed by atoms with van der Waals surface area (Å²) in [6.45, 7) is 3.79. The smallest absolute Gasteiger partial charge is 0.306 e. The Morgan fingerprint density at radius 3 is 2.43 bits per heavy atom. The first kappa shape index (κ1) is 38.6. The van der Waals surface area contributed by atoms with Crippen molar-refractivity contribution in [1.29, 1.82) is 0 Å². The number of carbonyl (C=O) groups is 4. The number of sulfonamides is 1. The zero-order chi connectivity index (χ0) is 39.2. The fraction of sp³-hybridized carbons (Fsp3) is 0.659. The van der Waals surface area contributed by atoms with E-state index in [9.17, 15) is 32.4 Å². The number of hydrogen-bond acceptors (Lipinski definition) is 10. The third-order valence-corrected chi connectivity index (χ3v) is 15.0. The first-order chi connectivity index (χ1) is 27.0. The van der Waals surface area contributed by atoms with Crippen LogP contribution in [0.3, 0.4) is 0 Å². The Labute approximate surface area is 327 Å². The maximum absolute atomic E-state index is 14.9. The average Bonchev–Trinajstić information content (AvgIpc) is 3.96. The SMILES string of the molecule is C=C[C@H]1C[C@]1(NC(=O)[C@@H]1C[C@@H]2CN1C(=O)[C@H](C1CCCC1)CC(=O)O[C@@H]1CCC[C@H]1CCCCCc1c(nc3ccccn3c1=O)O2)C(=O)NS(=O)(=O)C1CC1. The van der Waals surface area contributed by atoms with E-state index in [0.29, 0.717) is 30.5 Å². The highest BCUT2D eigenvalue weighted by Gasteiger charge is 2.62. The summed E-state index contributed by atoms with van der Waals surface area (Å²) >= 11 is 0. The molecule has 6 aliphatic rings. The molecule has 0 radical (unpaired) electrons. The Bertz CT molecular complexity index is 2060. The van der Waals surface area contributed by atoms with Crippen LogP contribution in [0.15, 0.2) is 41.8 Å². The number of esters is 1. The highest BCUT2D eigenvalue weighted by atomic mass is 32.2. The minimum atomic E-state index is -3.90. The second-order valence-corrected chi connectivity index (χ2v) is 18.9. The molecule has 2 bridgehead atoms. The summed E-state index contributed by atoms with van der Waals surface area (Å²) in [6, 6.07) is 4.16. The molecule has 4 saturated carbocycles. The largest absolute Gasteiger partial charge is 0.472 e. The van der Waals surface area contributed by atoms with E-state index in [1.165, 1.54) is 15.4 Å². The van der Waals surface area contributed by atoms with Crippen LogP contribution in [-0.4, -0.2) is 82.0 Å². The molecule has 5 fully saturated rings. The van der Waals surface area contributed by atoms with Crippen molar-refractivity contribution in [1.82, 2.24) is 24.3 Å². The Balaban J connectivity index is 1.13.